The predicted molar refractivity (Wildman–Crippen MR) is 75.8 cm³/mol. The maximum Gasteiger partial charge on any atom is 0.339 e. The number of ether oxygens (including phenoxy) is 1. The molecule has 0 saturated carbocycles. The van der Waals surface area contributed by atoms with Gasteiger partial charge in [0.25, 0.3) is 0 Å². The van der Waals surface area contributed by atoms with E-state index in [9.17, 15) is 4.79 Å². The number of rotatable bonds is 4. The predicted octanol–water partition coefficient (Wildman–Crippen LogP) is 2.47. The van der Waals surface area contributed by atoms with Gasteiger partial charge in [-0.25, -0.2) is 4.79 Å². The number of piperidine rings is 1. The summed E-state index contributed by atoms with van der Waals surface area (Å²) >= 11 is 0. The van der Waals surface area contributed by atoms with Crippen molar-refractivity contribution in [2.45, 2.75) is 39.7 Å². The first-order valence-electron chi connectivity index (χ1n) is 6.48. The molecule has 0 spiro atoms. The molecule has 0 amide bonds. The van der Waals surface area contributed by atoms with E-state index < -0.39 is 0 Å². The minimum atomic E-state index is -0.322. The minimum Gasteiger partial charge on any atom is -0.459 e. The lowest BCUT2D eigenvalue weighted by Crippen LogP contribution is -2.33. The third kappa shape index (κ3) is 6.35. The van der Waals surface area contributed by atoms with E-state index in [0.29, 0.717) is 5.57 Å². The summed E-state index contributed by atoms with van der Waals surface area (Å²) in [5.41, 5.74) is 0.441. The summed E-state index contributed by atoms with van der Waals surface area (Å²) in [6.07, 6.45) is 6.64. The zero-order valence-electron chi connectivity index (χ0n) is 11.6. The van der Waals surface area contributed by atoms with Gasteiger partial charge in [-0.1, -0.05) is 26.0 Å². The van der Waals surface area contributed by atoms with Crippen LogP contribution in [0.2, 0.25) is 0 Å². The van der Waals surface area contributed by atoms with E-state index >= 15 is 0 Å². The van der Waals surface area contributed by atoms with Crippen molar-refractivity contribution in [3.05, 3.63) is 23.9 Å². The van der Waals surface area contributed by atoms with Crippen LogP contribution in [0.5, 0.6) is 0 Å². The van der Waals surface area contributed by atoms with E-state index in [1.54, 1.807) is 12.2 Å². The Morgan fingerprint density at radius 3 is 2.50 bits per heavy atom. The lowest BCUT2D eigenvalue weighted by Gasteiger charge is -2.22. The summed E-state index contributed by atoms with van der Waals surface area (Å²) in [6.45, 7) is 11.0. The fourth-order valence-electron chi connectivity index (χ4n) is 1.57. The van der Waals surface area contributed by atoms with E-state index in [4.69, 9.17) is 4.74 Å². The van der Waals surface area contributed by atoms with Crippen LogP contribution in [0.4, 0.5) is 0 Å². The number of esters is 1. The average Bonchev–Trinajstić information content (AvgIpc) is 2.42. The topological polar surface area (TPSA) is 50.7 Å². The molecule has 0 bridgehead atoms. The fourth-order valence-corrected chi connectivity index (χ4v) is 1.57. The maximum absolute atomic E-state index is 11.7. The first-order chi connectivity index (χ1) is 8.77. The molecule has 0 unspecified atom stereocenters. The molecule has 1 heterocycles. The van der Waals surface area contributed by atoms with Gasteiger partial charge >= 0.3 is 5.97 Å². The molecular formula is C14H24N2O2. The standard InChI is InChI=1S/C12H18N2O2.C2H6/c1-3-4-10(9-13-2)12(15)16-11-5-7-14-8-6-11;1-2/h3-4,9,11,14H,2,5-8H2,1H3;1-2H3/b4-3-,10-9+;. The van der Waals surface area contributed by atoms with Gasteiger partial charge in [0.05, 0.1) is 5.57 Å². The highest BCUT2D eigenvalue weighted by atomic mass is 16.5. The molecule has 4 heteroatoms. The van der Waals surface area contributed by atoms with Crippen molar-refractivity contribution in [3.63, 3.8) is 0 Å². The Morgan fingerprint density at radius 2 is 2.00 bits per heavy atom. The second-order valence-corrected chi connectivity index (χ2v) is 3.62. The molecule has 0 radical (unpaired) electrons. The van der Waals surface area contributed by atoms with Crippen LogP contribution in [0.1, 0.15) is 33.6 Å². The summed E-state index contributed by atoms with van der Waals surface area (Å²) in [7, 11) is 0. The maximum atomic E-state index is 11.7. The van der Waals surface area contributed by atoms with Crippen LogP contribution in [0, 0.1) is 0 Å². The molecule has 0 aliphatic carbocycles. The van der Waals surface area contributed by atoms with Crippen LogP contribution < -0.4 is 5.32 Å². The molecule has 18 heavy (non-hydrogen) atoms. The normalized spacial score (nSPS) is 16.9. The number of nitrogens with zero attached hydrogens (tertiary/aromatic N) is 1. The zero-order valence-corrected chi connectivity index (χ0v) is 11.6. The van der Waals surface area contributed by atoms with Crippen molar-refractivity contribution in [2.75, 3.05) is 13.1 Å². The average molecular weight is 252 g/mol. The molecule has 1 aliphatic heterocycles. The molecule has 0 aromatic heterocycles. The van der Waals surface area contributed by atoms with Gasteiger partial charge in [0.2, 0.25) is 0 Å². The number of carbonyl (C=O) groups excluding carboxylic acids is 1. The number of hydrogen-bond donors (Lipinski definition) is 1. The first-order valence-corrected chi connectivity index (χ1v) is 6.48. The van der Waals surface area contributed by atoms with Crippen molar-refractivity contribution < 1.29 is 9.53 Å². The highest BCUT2D eigenvalue weighted by Gasteiger charge is 2.18. The van der Waals surface area contributed by atoms with Gasteiger partial charge in [-0.2, -0.15) is 0 Å². The molecule has 0 atom stereocenters. The summed E-state index contributed by atoms with van der Waals surface area (Å²) in [6, 6.07) is 0. The molecule has 1 fully saturated rings. The Balaban J connectivity index is 0.00000137. The van der Waals surface area contributed by atoms with Crippen molar-refractivity contribution in [1.29, 1.82) is 0 Å². The summed E-state index contributed by atoms with van der Waals surface area (Å²) < 4.78 is 5.37. The minimum absolute atomic E-state index is 0.0206. The Labute approximate surface area is 110 Å². The lowest BCUT2D eigenvalue weighted by atomic mass is 10.1. The van der Waals surface area contributed by atoms with Gasteiger partial charge in [-0.3, -0.25) is 4.99 Å². The monoisotopic (exact) mass is 252 g/mol. The zero-order chi connectivity index (χ0) is 13.8. The van der Waals surface area contributed by atoms with Gasteiger partial charge in [-0.05, 0) is 39.6 Å². The van der Waals surface area contributed by atoms with E-state index in [-0.39, 0.29) is 12.1 Å². The number of aliphatic imine (C=N–C) groups is 1. The van der Waals surface area contributed by atoms with Gasteiger partial charge in [-0.15, -0.1) is 0 Å². The van der Waals surface area contributed by atoms with Crippen molar-refractivity contribution >= 4 is 12.7 Å². The van der Waals surface area contributed by atoms with Gasteiger partial charge in [0, 0.05) is 6.20 Å². The molecule has 1 rings (SSSR count). The molecule has 1 aliphatic rings. The molecule has 4 nitrogen and oxygen atoms in total. The van der Waals surface area contributed by atoms with Crippen molar-refractivity contribution in [1.82, 2.24) is 5.32 Å². The highest BCUT2D eigenvalue weighted by molar-refractivity contribution is 5.91. The lowest BCUT2D eigenvalue weighted by molar-refractivity contribution is -0.144. The third-order valence-corrected chi connectivity index (χ3v) is 2.37. The summed E-state index contributed by atoms with van der Waals surface area (Å²) in [4.78, 5) is 15.3. The Morgan fingerprint density at radius 1 is 1.39 bits per heavy atom. The van der Waals surface area contributed by atoms with Crippen LogP contribution in [-0.2, 0) is 9.53 Å². The Bertz CT molecular complexity index is 303. The second kappa shape index (κ2) is 10.7. The van der Waals surface area contributed by atoms with Crippen molar-refractivity contribution in [2.24, 2.45) is 4.99 Å². The highest BCUT2D eigenvalue weighted by Crippen LogP contribution is 2.11. The van der Waals surface area contributed by atoms with Crippen LogP contribution in [0.3, 0.4) is 0 Å². The number of carbonyl (C=O) groups is 1. The quantitative estimate of drug-likeness (QED) is 0.362. The SMILES string of the molecule is C=N/C=C(\C=C/C)C(=O)OC1CCNCC1.CC. The third-order valence-electron chi connectivity index (χ3n) is 2.37. The fraction of sp³-hybridized carbons (Fsp3) is 0.571. The molecule has 0 aromatic rings. The van der Waals surface area contributed by atoms with Crippen LogP contribution in [-0.4, -0.2) is 31.9 Å². The first kappa shape index (κ1) is 16.6. The summed E-state index contributed by atoms with van der Waals surface area (Å²) in [5.74, 6) is -0.322. The van der Waals surface area contributed by atoms with E-state index in [2.05, 4.69) is 17.0 Å². The second-order valence-electron chi connectivity index (χ2n) is 3.62. The van der Waals surface area contributed by atoms with E-state index in [0.717, 1.165) is 25.9 Å². The molecule has 1 saturated heterocycles. The smallest absolute Gasteiger partial charge is 0.339 e. The molecule has 0 aromatic carbocycles. The van der Waals surface area contributed by atoms with E-state index in [1.165, 1.54) is 6.20 Å². The van der Waals surface area contributed by atoms with Crippen LogP contribution in [0.15, 0.2) is 28.9 Å². The number of allylic oxidation sites excluding steroid dienone is 1. The Hall–Kier alpha value is -1.42. The molecule has 102 valence electrons. The number of hydrogen-bond acceptors (Lipinski definition) is 4. The molecular weight excluding hydrogens is 228 g/mol. The van der Waals surface area contributed by atoms with Gasteiger partial charge in [0.1, 0.15) is 6.10 Å². The Kier molecular flexibility index (Phi) is 9.87. The largest absolute Gasteiger partial charge is 0.459 e. The van der Waals surface area contributed by atoms with E-state index in [1.807, 2.05) is 20.8 Å². The van der Waals surface area contributed by atoms with Gasteiger partial charge in [0.15, 0.2) is 0 Å². The summed E-state index contributed by atoms with van der Waals surface area (Å²) in [5, 5.41) is 3.22. The number of nitrogens with one attached hydrogen (secondary N) is 1. The van der Waals surface area contributed by atoms with Gasteiger partial charge < -0.3 is 10.1 Å². The van der Waals surface area contributed by atoms with Crippen molar-refractivity contribution in [3.8, 4) is 0 Å². The molecule has 1 N–H and O–H groups in total. The van der Waals surface area contributed by atoms with Crippen LogP contribution >= 0.6 is 0 Å². The van der Waals surface area contributed by atoms with Crippen LogP contribution in [0.25, 0.3) is 0 Å².